The number of carbonyl (C=O) groups excluding carboxylic acids is 1. The Morgan fingerprint density at radius 2 is 2.06 bits per heavy atom. The van der Waals surface area contributed by atoms with E-state index >= 15 is 0 Å². The Morgan fingerprint density at radius 1 is 1.44 bits per heavy atom. The minimum absolute atomic E-state index is 0.0699. The van der Waals surface area contributed by atoms with Crippen LogP contribution in [0.1, 0.15) is 5.56 Å². The van der Waals surface area contributed by atoms with Gasteiger partial charge in [0.05, 0.1) is 23.2 Å². The number of esters is 1. The Hall–Kier alpha value is -1.21. The molecule has 1 aromatic rings. The number of nitro groups is 1. The summed E-state index contributed by atoms with van der Waals surface area (Å²) in [5, 5.41) is 10.8. The first-order chi connectivity index (χ1) is 8.47. The second-order valence-electron chi connectivity index (χ2n) is 3.21. The second kappa shape index (κ2) is 6.65. The van der Waals surface area contributed by atoms with Crippen molar-refractivity contribution in [3.05, 3.63) is 45.5 Å². The van der Waals surface area contributed by atoms with Crippen LogP contribution in [0.4, 0.5) is 5.69 Å². The van der Waals surface area contributed by atoms with Crippen LogP contribution < -0.4 is 0 Å². The molecule has 0 saturated heterocycles. The van der Waals surface area contributed by atoms with Crippen LogP contribution in [-0.4, -0.2) is 21.7 Å². The number of nitrogens with zero attached hydrogens (tertiary/aromatic N) is 1. The fraction of sp³-hybridized carbons (Fsp3) is 0.182. The lowest BCUT2D eigenvalue weighted by atomic mass is 10.1. The van der Waals surface area contributed by atoms with Gasteiger partial charge in [-0.05, 0) is 12.1 Å². The van der Waals surface area contributed by atoms with Crippen molar-refractivity contribution in [1.29, 1.82) is 0 Å². The molecule has 0 unspecified atom stereocenters. The first kappa shape index (κ1) is 14.8. The van der Waals surface area contributed by atoms with E-state index in [1.54, 1.807) is 18.2 Å². The van der Waals surface area contributed by atoms with Crippen molar-refractivity contribution >= 4 is 49.6 Å². The second-order valence-corrected chi connectivity index (χ2v) is 6.27. The fourth-order valence-corrected chi connectivity index (χ4v) is 1.91. The number of benzene rings is 1. The molecule has 1 aromatic carbocycles. The van der Waals surface area contributed by atoms with E-state index in [9.17, 15) is 14.9 Å². The van der Waals surface area contributed by atoms with Gasteiger partial charge in [0.15, 0.2) is 0 Å². The third-order valence-corrected chi connectivity index (χ3v) is 3.09. The van der Waals surface area contributed by atoms with Crippen molar-refractivity contribution in [1.82, 2.24) is 0 Å². The van der Waals surface area contributed by atoms with Gasteiger partial charge < -0.3 is 4.74 Å². The molecule has 7 heteroatoms. The molecule has 0 aliphatic carbocycles. The van der Waals surface area contributed by atoms with Gasteiger partial charge in [0.25, 0.3) is 5.69 Å². The van der Waals surface area contributed by atoms with Gasteiger partial charge in [0.1, 0.15) is 3.74 Å². The molecule has 0 aliphatic rings. The number of alkyl halides is 2. The van der Waals surface area contributed by atoms with Crippen molar-refractivity contribution in [2.45, 2.75) is 3.74 Å². The lowest BCUT2D eigenvalue weighted by molar-refractivity contribution is -0.385. The first-order valence-electron chi connectivity index (χ1n) is 4.79. The smallest absolute Gasteiger partial charge is 0.335 e. The van der Waals surface area contributed by atoms with Crippen LogP contribution in [0.25, 0.3) is 6.08 Å². The van der Waals surface area contributed by atoms with Crippen LogP contribution in [0.3, 0.4) is 0 Å². The molecule has 0 heterocycles. The van der Waals surface area contributed by atoms with E-state index in [1.807, 2.05) is 0 Å². The van der Waals surface area contributed by atoms with E-state index in [4.69, 9.17) is 0 Å². The zero-order chi connectivity index (χ0) is 13.7. The molecule has 18 heavy (non-hydrogen) atoms. The molecule has 0 spiro atoms. The highest BCUT2D eigenvalue weighted by molar-refractivity contribution is 9.24. The summed E-state index contributed by atoms with van der Waals surface area (Å²) in [5.41, 5.74) is 0.512. The maximum absolute atomic E-state index is 11.5. The number of nitro benzene ring substituents is 1. The summed E-state index contributed by atoms with van der Waals surface area (Å²) in [4.78, 5) is 21.9. The van der Waals surface area contributed by atoms with E-state index in [1.165, 1.54) is 19.3 Å². The van der Waals surface area contributed by atoms with Gasteiger partial charge >= 0.3 is 5.97 Å². The Bertz CT molecular complexity index is 500. The van der Waals surface area contributed by atoms with Crippen molar-refractivity contribution in [2.24, 2.45) is 0 Å². The fourth-order valence-electron chi connectivity index (χ4n) is 1.27. The highest BCUT2D eigenvalue weighted by Crippen LogP contribution is 2.26. The van der Waals surface area contributed by atoms with Crippen LogP contribution >= 0.6 is 31.9 Å². The third kappa shape index (κ3) is 3.64. The molecule has 0 aromatic heterocycles. The van der Waals surface area contributed by atoms with Gasteiger partial charge in [0.2, 0.25) is 0 Å². The monoisotopic (exact) mass is 377 g/mol. The normalized spacial score (nSPS) is 11.4. The molecule has 0 atom stereocenters. The summed E-state index contributed by atoms with van der Waals surface area (Å²) in [7, 11) is 1.25. The van der Waals surface area contributed by atoms with E-state index in [0.717, 1.165) is 0 Å². The number of para-hydroxylation sites is 1. The average Bonchev–Trinajstić information content (AvgIpc) is 2.34. The number of hydrogen-bond acceptors (Lipinski definition) is 4. The molecule has 0 saturated carbocycles. The van der Waals surface area contributed by atoms with Gasteiger partial charge in [-0.15, -0.1) is 0 Å². The van der Waals surface area contributed by atoms with Gasteiger partial charge in [0, 0.05) is 6.07 Å². The molecular weight excluding hydrogens is 370 g/mol. The maximum Gasteiger partial charge on any atom is 0.335 e. The standard InChI is InChI=1S/C11H9Br2NO4/c1-18-11(15)8(10(12)13)6-7-4-2-3-5-9(7)14(16)17/h2-6,10H,1H3/b8-6+. The topological polar surface area (TPSA) is 69.4 Å². The maximum atomic E-state index is 11.5. The number of ether oxygens (including phenoxy) is 1. The highest BCUT2D eigenvalue weighted by Gasteiger charge is 2.19. The van der Waals surface area contributed by atoms with Crippen molar-refractivity contribution in [2.75, 3.05) is 7.11 Å². The largest absolute Gasteiger partial charge is 0.466 e. The minimum atomic E-state index is -0.563. The molecular formula is C11H9Br2NO4. The Balaban J connectivity index is 3.28. The summed E-state index contributed by atoms with van der Waals surface area (Å²) in [6, 6.07) is 6.15. The van der Waals surface area contributed by atoms with E-state index in [-0.39, 0.29) is 11.3 Å². The van der Waals surface area contributed by atoms with Gasteiger partial charge in [-0.1, -0.05) is 44.0 Å². The molecule has 96 valence electrons. The summed E-state index contributed by atoms with van der Waals surface area (Å²) in [6.07, 6.45) is 1.41. The zero-order valence-corrected chi connectivity index (χ0v) is 12.5. The summed E-state index contributed by atoms with van der Waals surface area (Å²) >= 11 is 6.36. The number of halogens is 2. The van der Waals surface area contributed by atoms with Crippen LogP contribution in [0, 0.1) is 10.1 Å². The van der Waals surface area contributed by atoms with Crippen LogP contribution in [0.15, 0.2) is 29.8 Å². The average molecular weight is 379 g/mol. The number of rotatable bonds is 4. The molecule has 0 amide bonds. The van der Waals surface area contributed by atoms with E-state index < -0.39 is 14.6 Å². The minimum Gasteiger partial charge on any atom is -0.466 e. The molecule has 0 bridgehead atoms. The van der Waals surface area contributed by atoms with Crippen LogP contribution in [0.2, 0.25) is 0 Å². The van der Waals surface area contributed by atoms with E-state index in [0.29, 0.717) is 5.56 Å². The van der Waals surface area contributed by atoms with Crippen molar-refractivity contribution in [3.63, 3.8) is 0 Å². The molecule has 0 fully saturated rings. The summed E-state index contributed by atoms with van der Waals surface area (Å²) < 4.78 is 4.16. The Morgan fingerprint density at radius 3 is 2.56 bits per heavy atom. The molecule has 1 rings (SSSR count). The number of carbonyl (C=O) groups is 1. The highest BCUT2D eigenvalue weighted by atomic mass is 79.9. The van der Waals surface area contributed by atoms with Gasteiger partial charge in [-0.25, -0.2) is 4.79 Å². The van der Waals surface area contributed by atoms with Crippen LogP contribution in [0.5, 0.6) is 0 Å². The van der Waals surface area contributed by atoms with Gasteiger partial charge in [-0.3, -0.25) is 10.1 Å². The van der Waals surface area contributed by atoms with Crippen LogP contribution in [-0.2, 0) is 9.53 Å². The predicted octanol–water partition coefficient (Wildman–Crippen LogP) is 3.27. The summed E-state index contributed by atoms with van der Waals surface area (Å²) in [5.74, 6) is -0.563. The van der Waals surface area contributed by atoms with Crippen molar-refractivity contribution in [3.8, 4) is 0 Å². The Kier molecular flexibility index (Phi) is 5.49. The molecule has 0 N–H and O–H groups in total. The first-order valence-corrected chi connectivity index (χ1v) is 6.62. The molecule has 0 aliphatic heterocycles. The van der Waals surface area contributed by atoms with Crippen molar-refractivity contribution < 1.29 is 14.5 Å². The lowest BCUT2D eigenvalue weighted by Crippen LogP contribution is -2.10. The zero-order valence-electron chi connectivity index (χ0n) is 9.30. The quantitative estimate of drug-likeness (QED) is 0.265. The number of hydrogen-bond donors (Lipinski definition) is 0. The Labute approximate surface area is 120 Å². The summed E-state index contributed by atoms with van der Waals surface area (Å²) in [6.45, 7) is 0. The molecule has 0 radical (unpaired) electrons. The predicted molar refractivity (Wildman–Crippen MR) is 74.7 cm³/mol. The third-order valence-electron chi connectivity index (χ3n) is 2.10. The number of methoxy groups -OCH3 is 1. The van der Waals surface area contributed by atoms with E-state index in [2.05, 4.69) is 36.6 Å². The SMILES string of the molecule is COC(=O)/C(=C/c1ccccc1[N+](=O)[O-])C(Br)Br. The van der Waals surface area contributed by atoms with Gasteiger partial charge in [-0.2, -0.15) is 0 Å². The lowest BCUT2D eigenvalue weighted by Gasteiger charge is -2.06. The molecule has 5 nitrogen and oxygen atoms in total.